The van der Waals surface area contributed by atoms with Crippen LogP contribution < -0.4 is 18.9 Å². The van der Waals surface area contributed by atoms with Crippen molar-refractivity contribution < 1.29 is 23.7 Å². The monoisotopic (exact) mass is 357 g/mol. The number of amides is 1. The first kappa shape index (κ1) is 17.9. The fraction of sp³-hybridized carbons (Fsp3) is 0.350. The van der Waals surface area contributed by atoms with Crippen LogP contribution in [0.4, 0.5) is 0 Å². The van der Waals surface area contributed by atoms with Crippen molar-refractivity contribution in [3.63, 3.8) is 0 Å². The first-order valence-corrected chi connectivity index (χ1v) is 8.46. The van der Waals surface area contributed by atoms with Gasteiger partial charge in [0.2, 0.25) is 0 Å². The van der Waals surface area contributed by atoms with Gasteiger partial charge >= 0.3 is 0 Å². The van der Waals surface area contributed by atoms with E-state index in [1.165, 1.54) is 0 Å². The first-order valence-electron chi connectivity index (χ1n) is 8.46. The zero-order valence-corrected chi connectivity index (χ0v) is 15.2. The van der Waals surface area contributed by atoms with Crippen LogP contribution in [0, 0.1) is 6.92 Å². The van der Waals surface area contributed by atoms with E-state index >= 15 is 0 Å². The SMILES string of the molecule is COc1cc(C)ccc1OCC(=O)N(C)CC1COc2ccccc2O1. The molecule has 0 radical (unpaired) electrons. The number of rotatable bonds is 6. The van der Waals surface area contributed by atoms with Crippen molar-refractivity contribution in [2.45, 2.75) is 13.0 Å². The van der Waals surface area contributed by atoms with Crippen LogP contribution >= 0.6 is 0 Å². The minimum atomic E-state index is -0.215. The first-order chi connectivity index (χ1) is 12.6. The van der Waals surface area contributed by atoms with E-state index in [0.717, 1.165) is 11.3 Å². The lowest BCUT2D eigenvalue weighted by molar-refractivity contribution is -0.133. The van der Waals surface area contributed by atoms with Crippen molar-refractivity contribution in [1.29, 1.82) is 0 Å². The molecule has 1 atom stereocenters. The van der Waals surface area contributed by atoms with Crippen molar-refractivity contribution in [2.75, 3.05) is 33.9 Å². The maximum Gasteiger partial charge on any atom is 0.260 e. The van der Waals surface area contributed by atoms with E-state index in [9.17, 15) is 4.79 Å². The molecule has 6 nitrogen and oxygen atoms in total. The number of likely N-dealkylation sites (N-methyl/N-ethyl adjacent to an activating group) is 1. The van der Waals surface area contributed by atoms with Gasteiger partial charge in [-0.2, -0.15) is 0 Å². The average molecular weight is 357 g/mol. The second-order valence-corrected chi connectivity index (χ2v) is 6.21. The van der Waals surface area contributed by atoms with Gasteiger partial charge in [0.1, 0.15) is 6.61 Å². The molecule has 138 valence electrons. The quantitative estimate of drug-likeness (QED) is 0.796. The number of para-hydroxylation sites is 2. The molecule has 0 saturated heterocycles. The lowest BCUT2D eigenvalue weighted by atomic mass is 10.2. The Labute approximate surface area is 153 Å². The molecule has 0 spiro atoms. The van der Waals surface area contributed by atoms with E-state index in [2.05, 4.69) is 0 Å². The van der Waals surface area contributed by atoms with Crippen LogP contribution in [0.1, 0.15) is 5.56 Å². The summed E-state index contributed by atoms with van der Waals surface area (Å²) >= 11 is 0. The largest absolute Gasteiger partial charge is 0.493 e. The fourth-order valence-corrected chi connectivity index (χ4v) is 2.70. The Morgan fingerprint density at radius 2 is 1.96 bits per heavy atom. The molecule has 0 N–H and O–H groups in total. The molecule has 1 aliphatic rings. The molecular formula is C20H23NO5. The van der Waals surface area contributed by atoms with Crippen LogP contribution in [0.2, 0.25) is 0 Å². The van der Waals surface area contributed by atoms with Crippen LogP contribution in [0.3, 0.4) is 0 Å². The minimum absolute atomic E-state index is 0.0694. The summed E-state index contributed by atoms with van der Waals surface area (Å²) in [5.41, 5.74) is 1.06. The molecule has 2 aromatic rings. The predicted molar refractivity (Wildman–Crippen MR) is 97.2 cm³/mol. The minimum Gasteiger partial charge on any atom is -0.493 e. The van der Waals surface area contributed by atoms with Gasteiger partial charge in [-0.15, -0.1) is 0 Å². The Bertz CT molecular complexity index is 777. The lowest BCUT2D eigenvalue weighted by Crippen LogP contribution is -2.43. The van der Waals surface area contributed by atoms with Crippen LogP contribution in [-0.2, 0) is 4.79 Å². The van der Waals surface area contributed by atoms with Gasteiger partial charge < -0.3 is 23.8 Å². The molecule has 1 unspecified atom stereocenters. The van der Waals surface area contributed by atoms with E-state index in [1.807, 2.05) is 43.3 Å². The highest BCUT2D eigenvalue weighted by Crippen LogP contribution is 2.31. The Morgan fingerprint density at radius 3 is 2.73 bits per heavy atom. The summed E-state index contributed by atoms with van der Waals surface area (Å²) in [4.78, 5) is 14.0. The summed E-state index contributed by atoms with van der Waals surface area (Å²) in [7, 11) is 3.30. The Kier molecular flexibility index (Phi) is 5.51. The van der Waals surface area contributed by atoms with E-state index in [0.29, 0.717) is 30.4 Å². The topological polar surface area (TPSA) is 57.2 Å². The third-order valence-corrected chi connectivity index (χ3v) is 4.14. The maximum absolute atomic E-state index is 12.4. The second kappa shape index (κ2) is 7.99. The lowest BCUT2D eigenvalue weighted by Gasteiger charge is -2.29. The van der Waals surface area contributed by atoms with Gasteiger partial charge in [0.05, 0.1) is 13.7 Å². The number of methoxy groups -OCH3 is 1. The van der Waals surface area contributed by atoms with Crippen molar-refractivity contribution in [3.05, 3.63) is 48.0 Å². The number of nitrogens with zero attached hydrogens (tertiary/aromatic N) is 1. The molecule has 0 saturated carbocycles. The molecule has 0 fully saturated rings. The third kappa shape index (κ3) is 4.20. The fourth-order valence-electron chi connectivity index (χ4n) is 2.70. The standard InChI is InChI=1S/C20H23NO5/c1-14-8-9-17(19(10-14)23-3)25-13-20(22)21(2)11-15-12-24-16-6-4-5-7-18(16)26-15/h4-10,15H,11-13H2,1-3H3. The number of ether oxygens (including phenoxy) is 4. The smallest absolute Gasteiger partial charge is 0.260 e. The van der Waals surface area contributed by atoms with Gasteiger partial charge in [0, 0.05) is 7.05 Å². The molecule has 1 heterocycles. The van der Waals surface area contributed by atoms with Gasteiger partial charge in [-0.1, -0.05) is 18.2 Å². The highest BCUT2D eigenvalue weighted by Gasteiger charge is 2.24. The number of fused-ring (bicyclic) bond motifs is 1. The van der Waals surface area contributed by atoms with Crippen LogP contribution in [0.25, 0.3) is 0 Å². The molecule has 0 bridgehead atoms. The van der Waals surface area contributed by atoms with Crippen molar-refractivity contribution in [3.8, 4) is 23.0 Å². The summed E-state index contributed by atoms with van der Waals surface area (Å²) in [6.07, 6.45) is -0.215. The molecule has 2 aromatic carbocycles. The highest BCUT2D eigenvalue weighted by molar-refractivity contribution is 5.77. The van der Waals surface area contributed by atoms with E-state index in [-0.39, 0.29) is 18.6 Å². The summed E-state index contributed by atoms with van der Waals surface area (Å²) in [5.74, 6) is 2.44. The highest BCUT2D eigenvalue weighted by atomic mass is 16.6. The maximum atomic E-state index is 12.4. The van der Waals surface area contributed by atoms with E-state index in [1.54, 1.807) is 25.1 Å². The zero-order valence-electron chi connectivity index (χ0n) is 15.2. The van der Waals surface area contributed by atoms with Crippen LogP contribution in [0.5, 0.6) is 23.0 Å². The molecule has 3 rings (SSSR count). The number of carbonyl (C=O) groups excluding carboxylic acids is 1. The van der Waals surface area contributed by atoms with E-state index < -0.39 is 0 Å². The van der Waals surface area contributed by atoms with Gasteiger partial charge in [0.25, 0.3) is 5.91 Å². The van der Waals surface area contributed by atoms with Crippen LogP contribution in [0.15, 0.2) is 42.5 Å². The summed E-state index contributed by atoms with van der Waals surface area (Å²) < 4.78 is 22.5. The molecule has 0 aliphatic carbocycles. The second-order valence-electron chi connectivity index (χ2n) is 6.21. The average Bonchev–Trinajstić information content (AvgIpc) is 2.66. The van der Waals surface area contributed by atoms with Gasteiger partial charge in [0.15, 0.2) is 35.7 Å². The summed E-state index contributed by atoms with van der Waals surface area (Å²) in [5, 5.41) is 0. The van der Waals surface area contributed by atoms with Gasteiger partial charge in [-0.25, -0.2) is 0 Å². The molecule has 1 aliphatic heterocycles. The summed E-state index contributed by atoms with van der Waals surface area (Å²) in [6.45, 7) is 2.72. The number of hydrogen-bond donors (Lipinski definition) is 0. The Hall–Kier alpha value is -2.89. The zero-order chi connectivity index (χ0) is 18.5. The molecule has 6 heteroatoms. The predicted octanol–water partition coefficient (Wildman–Crippen LogP) is 2.68. The van der Waals surface area contributed by atoms with Crippen molar-refractivity contribution in [1.82, 2.24) is 4.90 Å². The Morgan fingerprint density at radius 1 is 1.19 bits per heavy atom. The molecule has 26 heavy (non-hydrogen) atoms. The van der Waals surface area contributed by atoms with E-state index in [4.69, 9.17) is 18.9 Å². The molecule has 1 amide bonds. The molecule has 0 aromatic heterocycles. The Balaban J connectivity index is 1.52. The van der Waals surface area contributed by atoms with Crippen LogP contribution in [-0.4, -0.2) is 50.8 Å². The normalized spacial score (nSPS) is 15.3. The van der Waals surface area contributed by atoms with Gasteiger partial charge in [-0.3, -0.25) is 4.79 Å². The number of carbonyl (C=O) groups is 1. The number of benzene rings is 2. The third-order valence-electron chi connectivity index (χ3n) is 4.14. The summed E-state index contributed by atoms with van der Waals surface area (Å²) in [6, 6.07) is 13.1. The number of aryl methyl sites for hydroxylation is 1. The van der Waals surface area contributed by atoms with Crippen molar-refractivity contribution in [2.24, 2.45) is 0 Å². The molecular weight excluding hydrogens is 334 g/mol. The van der Waals surface area contributed by atoms with Gasteiger partial charge in [-0.05, 0) is 36.8 Å². The van der Waals surface area contributed by atoms with Crippen molar-refractivity contribution >= 4 is 5.91 Å². The number of hydrogen-bond acceptors (Lipinski definition) is 5.